The molecule has 0 aliphatic heterocycles. The molecule has 1 N–H and O–H groups in total. The van der Waals surface area contributed by atoms with Crippen LogP contribution in [0.3, 0.4) is 0 Å². The summed E-state index contributed by atoms with van der Waals surface area (Å²) in [6.07, 6.45) is 0.617. The molecule has 0 spiro atoms. The van der Waals surface area contributed by atoms with Crippen molar-refractivity contribution < 1.29 is 18.7 Å². The molecule has 0 radical (unpaired) electrons. The predicted octanol–water partition coefficient (Wildman–Crippen LogP) is 2.30. The quantitative estimate of drug-likeness (QED) is 0.850. The molecule has 0 aromatic heterocycles. The summed E-state index contributed by atoms with van der Waals surface area (Å²) in [5.74, 6) is -2.55. The molecule has 1 aromatic carbocycles. The Bertz CT molecular complexity index is 423. The lowest BCUT2D eigenvalue weighted by Gasteiger charge is -2.23. The number of halogens is 2. The SMILES string of the molecule is CC(CC(=O)O)N(C)CCc1ccc(F)c(F)c1. The lowest BCUT2D eigenvalue weighted by atomic mass is 10.1. The molecule has 100 valence electrons. The summed E-state index contributed by atoms with van der Waals surface area (Å²) >= 11 is 0. The van der Waals surface area contributed by atoms with Crippen molar-refractivity contribution >= 4 is 5.97 Å². The van der Waals surface area contributed by atoms with Gasteiger partial charge in [-0.15, -0.1) is 0 Å². The Kier molecular flexibility index (Phi) is 5.22. The van der Waals surface area contributed by atoms with Crippen molar-refractivity contribution in [3.8, 4) is 0 Å². The molecule has 18 heavy (non-hydrogen) atoms. The number of carboxylic acids is 1. The summed E-state index contributed by atoms with van der Waals surface area (Å²) in [4.78, 5) is 12.4. The van der Waals surface area contributed by atoms with E-state index in [1.54, 1.807) is 0 Å². The van der Waals surface area contributed by atoms with Crippen LogP contribution in [-0.2, 0) is 11.2 Å². The molecule has 0 saturated heterocycles. The van der Waals surface area contributed by atoms with Crippen molar-refractivity contribution in [2.45, 2.75) is 25.8 Å². The van der Waals surface area contributed by atoms with E-state index >= 15 is 0 Å². The van der Waals surface area contributed by atoms with Gasteiger partial charge in [0.25, 0.3) is 0 Å². The molecular weight excluding hydrogens is 240 g/mol. The van der Waals surface area contributed by atoms with Crippen molar-refractivity contribution in [1.82, 2.24) is 4.90 Å². The van der Waals surface area contributed by atoms with Crippen molar-refractivity contribution in [3.05, 3.63) is 35.4 Å². The summed E-state index contributed by atoms with van der Waals surface area (Å²) in [7, 11) is 1.81. The third kappa shape index (κ3) is 4.41. The number of hydrogen-bond acceptors (Lipinski definition) is 2. The standard InChI is InChI=1S/C13H17F2NO2/c1-9(7-13(17)18)16(2)6-5-10-3-4-11(14)12(15)8-10/h3-4,8-9H,5-7H2,1-2H3,(H,17,18). The first-order valence-corrected chi connectivity index (χ1v) is 5.76. The Morgan fingerprint density at radius 3 is 2.61 bits per heavy atom. The third-order valence-electron chi connectivity index (χ3n) is 2.96. The second-order valence-electron chi connectivity index (χ2n) is 4.43. The van der Waals surface area contributed by atoms with Crippen LogP contribution < -0.4 is 0 Å². The molecule has 0 heterocycles. The summed E-state index contributed by atoms with van der Waals surface area (Å²) < 4.78 is 25.7. The van der Waals surface area contributed by atoms with Gasteiger partial charge < -0.3 is 10.0 Å². The number of likely N-dealkylation sites (N-methyl/N-ethyl adjacent to an activating group) is 1. The van der Waals surface area contributed by atoms with Gasteiger partial charge in [-0.1, -0.05) is 6.07 Å². The predicted molar refractivity (Wildman–Crippen MR) is 64.4 cm³/mol. The number of nitrogens with zero attached hydrogens (tertiary/aromatic N) is 1. The zero-order valence-electron chi connectivity index (χ0n) is 10.5. The highest BCUT2D eigenvalue weighted by atomic mass is 19.2. The Morgan fingerprint density at radius 1 is 1.39 bits per heavy atom. The summed E-state index contributed by atoms with van der Waals surface area (Å²) in [6.45, 7) is 2.42. The van der Waals surface area contributed by atoms with Crippen LogP contribution in [0, 0.1) is 11.6 Å². The average molecular weight is 257 g/mol. The molecule has 0 aliphatic rings. The maximum absolute atomic E-state index is 13.0. The fraction of sp³-hybridized carbons (Fsp3) is 0.462. The van der Waals surface area contributed by atoms with E-state index in [4.69, 9.17) is 5.11 Å². The van der Waals surface area contributed by atoms with E-state index in [2.05, 4.69) is 0 Å². The first kappa shape index (κ1) is 14.6. The molecule has 3 nitrogen and oxygen atoms in total. The fourth-order valence-corrected chi connectivity index (χ4v) is 1.63. The second kappa shape index (κ2) is 6.44. The monoisotopic (exact) mass is 257 g/mol. The normalized spacial score (nSPS) is 12.7. The third-order valence-corrected chi connectivity index (χ3v) is 2.96. The van der Waals surface area contributed by atoms with Gasteiger partial charge in [-0.3, -0.25) is 4.79 Å². The summed E-state index contributed by atoms with van der Waals surface area (Å²) in [5.41, 5.74) is 0.697. The van der Waals surface area contributed by atoms with Gasteiger partial charge in [-0.2, -0.15) is 0 Å². The molecule has 1 atom stereocenters. The van der Waals surface area contributed by atoms with Crippen LogP contribution in [0.4, 0.5) is 8.78 Å². The van der Waals surface area contributed by atoms with Gasteiger partial charge >= 0.3 is 5.97 Å². The fourth-order valence-electron chi connectivity index (χ4n) is 1.63. The maximum Gasteiger partial charge on any atom is 0.304 e. The molecular formula is C13H17F2NO2. The van der Waals surface area contributed by atoms with Crippen LogP contribution in [-0.4, -0.2) is 35.6 Å². The van der Waals surface area contributed by atoms with E-state index in [1.807, 2.05) is 18.9 Å². The molecule has 0 amide bonds. The summed E-state index contributed by atoms with van der Waals surface area (Å²) in [5, 5.41) is 8.67. The number of aliphatic carboxylic acids is 1. The second-order valence-corrected chi connectivity index (χ2v) is 4.43. The Balaban J connectivity index is 2.49. The maximum atomic E-state index is 13.0. The van der Waals surface area contributed by atoms with E-state index in [0.29, 0.717) is 18.5 Å². The van der Waals surface area contributed by atoms with E-state index in [1.165, 1.54) is 12.1 Å². The van der Waals surface area contributed by atoms with Crippen molar-refractivity contribution in [2.24, 2.45) is 0 Å². The van der Waals surface area contributed by atoms with E-state index < -0.39 is 17.6 Å². The van der Waals surface area contributed by atoms with Gasteiger partial charge in [0.05, 0.1) is 6.42 Å². The van der Waals surface area contributed by atoms with Gasteiger partial charge in [0.1, 0.15) is 0 Å². The molecule has 0 bridgehead atoms. The minimum atomic E-state index is -0.855. The highest BCUT2D eigenvalue weighted by Gasteiger charge is 2.13. The van der Waals surface area contributed by atoms with Crippen molar-refractivity contribution in [1.29, 1.82) is 0 Å². The zero-order chi connectivity index (χ0) is 13.7. The zero-order valence-corrected chi connectivity index (χ0v) is 10.5. The largest absolute Gasteiger partial charge is 0.481 e. The first-order chi connectivity index (χ1) is 8.40. The van der Waals surface area contributed by atoms with Crippen LogP contribution in [0.2, 0.25) is 0 Å². The van der Waals surface area contributed by atoms with E-state index in [-0.39, 0.29) is 12.5 Å². The lowest BCUT2D eigenvalue weighted by Crippen LogP contribution is -2.32. The number of rotatable bonds is 6. The summed E-state index contributed by atoms with van der Waals surface area (Å²) in [6, 6.07) is 3.72. The molecule has 1 unspecified atom stereocenters. The Morgan fingerprint density at radius 2 is 2.06 bits per heavy atom. The van der Waals surface area contributed by atoms with Crippen molar-refractivity contribution in [3.63, 3.8) is 0 Å². The van der Waals surface area contributed by atoms with Gasteiger partial charge in [0.15, 0.2) is 11.6 Å². The topological polar surface area (TPSA) is 40.5 Å². The minimum Gasteiger partial charge on any atom is -0.481 e. The van der Waals surface area contributed by atoms with Crippen LogP contribution in [0.15, 0.2) is 18.2 Å². The Labute approximate surface area is 105 Å². The van der Waals surface area contributed by atoms with Crippen LogP contribution in [0.5, 0.6) is 0 Å². The molecule has 5 heteroatoms. The first-order valence-electron chi connectivity index (χ1n) is 5.76. The van der Waals surface area contributed by atoms with Crippen LogP contribution in [0.1, 0.15) is 18.9 Å². The van der Waals surface area contributed by atoms with E-state index in [0.717, 1.165) is 6.07 Å². The highest BCUT2D eigenvalue weighted by molar-refractivity contribution is 5.67. The van der Waals surface area contributed by atoms with Crippen LogP contribution in [0.25, 0.3) is 0 Å². The Hall–Kier alpha value is -1.49. The number of hydrogen-bond donors (Lipinski definition) is 1. The minimum absolute atomic E-state index is 0.0638. The molecule has 1 aromatic rings. The molecule has 0 saturated carbocycles. The molecule has 1 rings (SSSR count). The number of benzene rings is 1. The van der Waals surface area contributed by atoms with Gasteiger partial charge in [0, 0.05) is 12.6 Å². The number of carbonyl (C=O) groups is 1. The van der Waals surface area contributed by atoms with Crippen LogP contribution >= 0.6 is 0 Å². The smallest absolute Gasteiger partial charge is 0.304 e. The molecule has 0 fully saturated rings. The number of carboxylic acid groups (broad SMARTS) is 1. The van der Waals surface area contributed by atoms with Gasteiger partial charge in [-0.25, -0.2) is 8.78 Å². The van der Waals surface area contributed by atoms with E-state index in [9.17, 15) is 13.6 Å². The molecule has 0 aliphatic carbocycles. The lowest BCUT2D eigenvalue weighted by molar-refractivity contribution is -0.138. The van der Waals surface area contributed by atoms with Crippen molar-refractivity contribution in [2.75, 3.05) is 13.6 Å². The van der Waals surface area contributed by atoms with Gasteiger partial charge in [-0.05, 0) is 38.1 Å². The highest BCUT2D eigenvalue weighted by Crippen LogP contribution is 2.10. The van der Waals surface area contributed by atoms with Gasteiger partial charge in [0.2, 0.25) is 0 Å². The average Bonchev–Trinajstić information content (AvgIpc) is 2.29.